The van der Waals surface area contributed by atoms with E-state index in [9.17, 15) is 0 Å². The van der Waals surface area contributed by atoms with Crippen LogP contribution in [0.5, 0.6) is 0 Å². The Morgan fingerprint density at radius 1 is 1.10 bits per heavy atom. The minimum atomic E-state index is 0.156. The molecular formula is C15H12ClN3O. The number of anilines is 1. The lowest BCUT2D eigenvalue weighted by molar-refractivity contribution is 0.568. The van der Waals surface area contributed by atoms with Gasteiger partial charge in [0.15, 0.2) is 0 Å². The smallest absolute Gasteiger partial charge is 0.222 e. The zero-order valence-electron chi connectivity index (χ0n) is 10.6. The van der Waals surface area contributed by atoms with Crippen molar-refractivity contribution in [2.24, 2.45) is 0 Å². The largest absolute Gasteiger partial charge is 0.472 e. The zero-order valence-corrected chi connectivity index (χ0v) is 11.3. The van der Waals surface area contributed by atoms with Crippen molar-refractivity contribution >= 4 is 17.5 Å². The van der Waals surface area contributed by atoms with E-state index in [1.807, 2.05) is 36.4 Å². The van der Waals surface area contributed by atoms with Crippen LogP contribution in [0.1, 0.15) is 11.1 Å². The van der Waals surface area contributed by atoms with Gasteiger partial charge in [-0.05, 0) is 11.6 Å². The second-order valence-electron chi connectivity index (χ2n) is 4.37. The van der Waals surface area contributed by atoms with E-state index >= 15 is 0 Å². The van der Waals surface area contributed by atoms with Gasteiger partial charge in [0.25, 0.3) is 0 Å². The van der Waals surface area contributed by atoms with Crippen LogP contribution >= 0.6 is 11.6 Å². The van der Waals surface area contributed by atoms with E-state index in [1.165, 1.54) is 0 Å². The summed E-state index contributed by atoms with van der Waals surface area (Å²) in [6.45, 7) is 0. The third-order valence-electron chi connectivity index (χ3n) is 2.99. The minimum Gasteiger partial charge on any atom is -0.472 e. The molecule has 0 unspecified atom stereocenters. The molecule has 3 rings (SSSR count). The minimum absolute atomic E-state index is 0.156. The molecule has 0 amide bonds. The summed E-state index contributed by atoms with van der Waals surface area (Å²) in [4.78, 5) is 8.34. The van der Waals surface area contributed by atoms with Crippen LogP contribution in [0.25, 0.3) is 11.3 Å². The van der Waals surface area contributed by atoms with Crippen molar-refractivity contribution in [3.05, 3.63) is 65.2 Å². The van der Waals surface area contributed by atoms with Crippen molar-refractivity contribution in [2.45, 2.75) is 6.42 Å². The molecule has 0 fully saturated rings. The Morgan fingerprint density at radius 3 is 2.60 bits per heavy atom. The zero-order chi connectivity index (χ0) is 13.9. The van der Waals surface area contributed by atoms with Crippen molar-refractivity contribution in [3.8, 4) is 11.3 Å². The summed E-state index contributed by atoms with van der Waals surface area (Å²) in [7, 11) is 0. The van der Waals surface area contributed by atoms with Crippen LogP contribution in [-0.2, 0) is 6.42 Å². The molecule has 0 atom stereocenters. The van der Waals surface area contributed by atoms with Gasteiger partial charge in [-0.15, -0.1) is 0 Å². The number of aromatic nitrogens is 2. The molecular weight excluding hydrogens is 274 g/mol. The topological polar surface area (TPSA) is 64.9 Å². The van der Waals surface area contributed by atoms with E-state index in [2.05, 4.69) is 9.97 Å². The predicted molar refractivity (Wildman–Crippen MR) is 78.4 cm³/mol. The molecule has 0 aliphatic rings. The Kier molecular flexibility index (Phi) is 3.39. The molecule has 20 heavy (non-hydrogen) atoms. The van der Waals surface area contributed by atoms with Crippen LogP contribution in [-0.4, -0.2) is 9.97 Å². The predicted octanol–water partition coefficient (Wildman–Crippen LogP) is 3.56. The molecule has 2 aromatic heterocycles. The summed E-state index contributed by atoms with van der Waals surface area (Å²) in [5.41, 5.74) is 9.21. The second kappa shape index (κ2) is 5.35. The van der Waals surface area contributed by atoms with Gasteiger partial charge in [-0.2, -0.15) is 0 Å². The molecule has 2 N–H and O–H groups in total. The molecule has 2 heterocycles. The fourth-order valence-corrected chi connectivity index (χ4v) is 2.31. The maximum absolute atomic E-state index is 6.24. The molecule has 1 aromatic carbocycles. The van der Waals surface area contributed by atoms with Gasteiger partial charge in [0.2, 0.25) is 5.95 Å². The number of furan rings is 1. The first kappa shape index (κ1) is 12.7. The first-order chi connectivity index (χ1) is 9.74. The number of nitrogens with zero attached hydrogens (tertiary/aromatic N) is 2. The van der Waals surface area contributed by atoms with E-state index < -0.39 is 0 Å². The highest BCUT2D eigenvalue weighted by molar-refractivity contribution is 6.30. The Labute approximate surface area is 121 Å². The normalized spacial score (nSPS) is 10.7. The number of nitrogens with two attached hydrogens (primary N) is 1. The van der Waals surface area contributed by atoms with Crippen molar-refractivity contribution < 1.29 is 4.42 Å². The van der Waals surface area contributed by atoms with Gasteiger partial charge in [-0.25, -0.2) is 9.97 Å². The third-order valence-corrected chi connectivity index (χ3v) is 3.30. The molecule has 5 heteroatoms. The highest BCUT2D eigenvalue weighted by Crippen LogP contribution is 2.29. The number of hydrogen-bond acceptors (Lipinski definition) is 4. The Balaban J connectivity index is 2.09. The SMILES string of the molecule is Nc1nc(Cl)c(Cc2ccccc2)c(-c2ccoc2)n1. The summed E-state index contributed by atoms with van der Waals surface area (Å²) < 4.78 is 5.11. The Morgan fingerprint density at radius 2 is 1.90 bits per heavy atom. The average Bonchev–Trinajstić information content (AvgIpc) is 2.96. The van der Waals surface area contributed by atoms with Gasteiger partial charge in [-0.1, -0.05) is 41.9 Å². The summed E-state index contributed by atoms with van der Waals surface area (Å²) in [5.74, 6) is 0.156. The van der Waals surface area contributed by atoms with Crippen LogP contribution in [0.2, 0.25) is 5.15 Å². The maximum Gasteiger partial charge on any atom is 0.222 e. The second-order valence-corrected chi connectivity index (χ2v) is 4.73. The third kappa shape index (κ3) is 2.51. The summed E-state index contributed by atoms with van der Waals surface area (Å²) >= 11 is 6.24. The number of hydrogen-bond donors (Lipinski definition) is 1. The van der Waals surface area contributed by atoms with Crippen molar-refractivity contribution in [2.75, 3.05) is 5.73 Å². The fourth-order valence-electron chi connectivity index (χ4n) is 2.07. The van der Waals surface area contributed by atoms with E-state index in [4.69, 9.17) is 21.8 Å². The standard InChI is InChI=1S/C15H12ClN3O/c16-14-12(8-10-4-2-1-3-5-10)13(18-15(17)19-14)11-6-7-20-9-11/h1-7,9H,8H2,(H2,17,18,19). The number of halogens is 1. The molecule has 0 radical (unpaired) electrons. The Hall–Kier alpha value is -2.33. The van der Waals surface area contributed by atoms with Crippen LogP contribution in [0, 0.1) is 0 Å². The van der Waals surface area contributed by atoms with E-state index in [-0.39, 0.29) is 5.95 Å². The molecule has 0 saturated heterocycles. The molecule has 0 bridgehead atoms. The summed E-state index contributed by atoms with van der Waals surface area (Å²) in [6.07, 6.45) is 3.85. The average molecular weight is 286 g/mol. The highest BCUT2D eigenvalue weighted by Gasteiger charge is 2.15. The van der Waals surface area contributed by atoms with Crippen molar-refractivity contribution in [3.63, 3.8) is 0 Å². The van der Waals surface area contributed by atoms with Gasteiger partial charge in [0.1, 0.15) is 5.15 Å². The molecule has 4 nitrogen and oxygen atoms in total. The van der Waals surface area contributed by atoms with Gasteiger partial charge in [0, 0.05) is 17.5 Å². The van der Waals surface area contributed by atoms with Crippen molar-refractivity contribution in [1.82, 2.24) is 9.97 Å². The first-order valence-corrected chi connectivity index (χ1v) is 6.50. The molecule has 3 aromatic rings. The molecule has 0 aliphatic carbocycles. The summed E-state index contributed by atoms with van der Waals surface area (Å²) in [6, 6.07) is 11.8. The quantitative estimate of drug-likeness (QED) is 0.747. The fraction of sp³-hybridized carbons (Fsp3) is 0.0667. The van der Waals surface area contributed by atoms with E-state index in [1.54, 1.807) is 12.5 Å². The lowest BCUT2D eigenvalue weighted by Gasteiger charge is -2.10. The van der Waals surface area contributed by atoms with Gasteiger partial charge in [0.05, 0.1) is 18.2 Å². The first-order valence-electron chi connectivity index (χ1n) is 6.12. The summed E-state index contributed by atoms with van der Waals surface area (Å²) in [5, 5.41) is 0.373. The van der Waals surface area contributed by atoms with Crippen LogP contribution < -0.4 is 5.73 Å². The van der Waals surface area contributed by atoms with E-state index in [0.717, 1.165) is 16.7 Å². The molecule has 0 aliphatic heterocycles. The number of nitrogen functional groups attached to an aromatic ring is 1. The number of rotatable bonds is 3. The van der Waals surface area contributed by atoms with Gasteiger partial charge < -0.3 is 10.2 Å². The highest BCUT2D eigenvalue weighted by atomic mass is 35.5. The molecule has 0 spiro atoms. The van der Waals surface area contributed by atoms with Crippen LogP contribution in [0.15, 0.2) is 53.3 Å². The van der Waals surface area contributed by atoms with E-state index in [0.29, 0.717) is 17.3 Å². The van der Waals surface area contributed by atoms with Gasteiger partial charge >= 0.3 is 0 Å². The number of benzene rings is 1. The monoisotopic (exact) mass is 285 g/mol. The Bertz CT molecular complexity index is 711. The van der Waals surface area contributed by atoms with Crippen LogP contribution in [0.3, 0.4) is 0 Å². The lowest BCUT2D eigenvalue weighted by atomic mass is 10.0. The maximum atomic E-state index is 6.24. The van der Waals surface area contributed by atoms with Crippen molar-refractivity contribution in [1.29, 1.82) is 0 Å². The van der Waals surface area contributed by atoms with Gasteiger partial charge in [-0.3, -0.25) is 0 Å². The lowest BCUT2D eigenvalue weighted by Crippen LogP contribution is -2.03. The molecule has 100 valence electrons. The van der Waals surface area contributed by atoms with Crippen LogP contribution in [0.4, 0.5) is 5.95 Å². The molecule has 0 saturated carbocycles.